The number of halogens is 4. The van der Waals surface area contributed by atoms with Crippen molar-refractivity contribution in [1.29, 1.82) is 0 Å². The van der Waals surface area contributed by atoms with E-state index in [-0.39, 0.29) is 9.50 Å². The van der Waals surface area contributed by atoms with Crippen molar-refractivity contribution in [2.75, 3.05) is 7.11 Å². The Labute approximate surface area is 91.9 Å². The number of esters is 1. The molecule has 0 saturated heterocycles. The Bertz CT molecular complexity index is 369. The molecule has 0 aliphatic rings. The maximum Gasteiger partial charge on any atom is 0.342 e. The third-order valence-corrected chi connectivity index (χ3v) is 2.85. The van der Waals surface area contributed by atoms with Crippen LogP contribution in [-0.2, 0) is 4.74 Å². The van der Waals surface area contributed by atoms with E-state index in [0.29, 0.717) is 0 Å². The molecule has 76 valence electrons. The topological polar surface area (TPSA) is 26.3 Å². The molecule has 0 N–H and O–H groups in total. The van der Waals surface area contributed by atoms with Crippen LogP contribution in [0.5, 0.6) is 0 Å². The number of hydrogen-bond acceptors (Lipinski definition) is 2. The minimum Gasteiger partial charge on any atom is -0.465 e. The number of carbonyl (C=O) groups excluding carboxylic acids is 1. The van der Waals surface area contributed by atoms with Crippen molar-refractivity contribution in [3.05, 3.63) is 32.8 Å². The maximum absolute atomic E-state index is 13.1. The fraction of sp³-hybridized carbons (Fsp3) is 0.125. The molecule has 0 aliphatic heterocycles. The summed E-state index contributed by atoms with van der Waals surface area (Å²) in [6.07, 6.45) is 0. The molecule has 0 saturated carbocycles. The molecule has 2 nitrogen and oxygen atoms in total. The van der Waals surface area contributed by atoms with E-state index < -0.39 is 23.2 Å². The van der Waals surface area contributed by atoms with E-state index in [1.165, 1.54) is 0 Å². The Morgan fingerprint density at radius 1 is 1.57 bits per heavy atom. The number of methoxy groups -OCH3 is 1. The summed E-state index contributed by atoms with van der Waals surface area (Å²) in [6, 6.07) is 0.771. The summed E-state index contributed by atoms with van der Waals surface area (Å²) in [7, 11) is 1.06. The second-order valence-electron chi connectivity index (χ2n) is 2.33. The monoisotopic (exact) mass is 284 g/mol. The standard InChI is InChI=1S/C8H4BrClF2O2/c1-14-8(13)5-6(9)3(10)2-4(11)7(5)12/h2H,1H3. The summed E-state index contributed by atoms with van der Waals surface area (Å²) in [4.78, 5) is 11.0. The second-order valence-corrected chi connectivity index (χ2v) is 3.53. The fourth-order valence-corrected chi connectivity index (χ4v) is 1.50. The number of carbonyl (C=O) groups is 1. The summed E-state index contributed by atoms with van der Waals surface area (Å²) in [5.41, 5.74) is -0.544. The Morgan fingerprint density at radius 3 is 2.64 bits per heavy atom. The largest absolute Gasteiger partial charge is 0.465 e. The summed E-state index contributed by atoms with van der Waals surface area (Å²) in [5, 5.41) is -0.0932. The molecule has 1 aromatic carbocycles. The number of ether oxygens (including phenoxy) is 1. The first kappa shape index (κ1) is 11.4. The first-order chi connectivity index (χ1) is 6.49. The average Bonchev–Trinajstić information content (AvgIpc) is 2.15. The molecular formula is C8H4BrClF2O2. The van der Waals surface area contributed by atoms with Crippen LogP contribution in [0.4, 0.5) is 8.78 Å². The van der Waals surface area contributed by atoms with Gasteiger partial charge in [0.15, 0.2) is 11.6 Å². The number of hydrogen-bond donors (Lipinski definition) is 0. The summed E-state index contributed by atoms with van der Waals surface area (Å²) < 4.78 is 30.2. The van der Waals surface area contributed by atoms with Gasteiger partial charge in [-0.3, -0.25) is 0 Å². The van der Waals surface area contributed by atoms with Crippen LogP contribution in [0, 0.1) is 11.6 Å². The van der Waals surface area contributed by atoms with Crippen molar-refractivity contribution in [3.63, 3.8) is 0 Å². The first-order valence-corrected chi connectivity index (χ1v) is 4.57. The van der Waals surface area contributed by atoms with Crippen molar-refractivity contribution < 1.29 is 18.3 Å². The van der Waals surface area contributed by atoms with Crippen LogP contribution < -0.4 is 0 Å². The second kappa shape index (κ2) is 4.23. The highest BCUT2D eigenvalue weighted by Gasteiger charge is 2.22. The molecule has 0 spiro atoms. The zero-order valence-electron chi connectivity index (χ0n) is 6.91. The molecule has 0 amide bonds. The highest BCUT2D eigenvalue weighted by atomic mass is 79.9. The van der Waals surface area contributed by atoms with E-state index >= 15 is 0 Å². The van der Waals surface area contributed by atoms with E-state index in [2.05, 4.69) is 20.7 Å². The number of benzene rings is 1. The van der Waals surface area contributed by atoms with Crippen LogP contribution in [0.1, 0.15) is 10.4 Å². The van der Waals surface area contributed by atoms with Gasteiger partial charge in [-0.1, -0.05) is 11.6 Å². The molecule has 0 heterocycles. The van der Waals surface area contributed by atoms with E-state index in [9.17, 15) is 13.6 Å². The Balaban J connectivity index is 3.47. The lowest BCUT2D eigenvalue weighted by Gasteiger charge is -2.06. The van der Waals surface area contributed by atoms with E-state index in [4.69, 9.17) is 11.6 Å². The highest BCUT2D eigenvalue weighted by molar-refractivity contribution is 9.10. The molecule has 0 aliphatic carbocycles. The summed E-state index contributed by atoms with van der Waals surface area (Å²) in [6.45, 7) is 0. The Kier molecular flexibility index (Phi) is 3.44. The SMILES string of the molecule is COC(=O)c1c(F)c(F)cc(Cl)c1Br. The third-order valence-electron chi connectivity index (χ3n) is 1.50. The molecule has 0 radical (unpaired) electrons. The Morgan fingerprint density at radius 2 is 2.14 bits per heavy atom. The van der Waals surface area contributed by atoms with Gasteiger partial charge in [0.1, 0.15) is 5.56 Å². The van der Waals surface area contributed by atoms with Crippen molar-refractivity contribution in [2.45, 2.75) is 0 Å². The zero-order valence-corrected chi connectivity index (χ0v) is 9.25. The quantitative estimate of drug-likeness (QED) is 0.585. The van der Waals surface area contributed by atoms with Crippen molar-refractivity contribution in [2.24, 2.45) is 0 Å². The van der Waals surface area contributed by atoms with Crippen molar-refractivity contribution >= 4 is 33.5 Å². The molecule has 14 heavy (non-hydrogen) atoms. The predicted molar refractivity (Wildman–Crippen MR) is 50.4 cm³/mol. The van der Waals surface area contributed by atoms with Gasteiger partial charge in [-0.2, -0.15) is 0 Å². The van der Waals surface area contributed by atoms with Crippen LogP contribution in [-0.4, -0.2) is 13.1 Å². The first-order valence-electron chi connectivity index (χ1n) is 3.40. The minimum atomic E-state index is -1.28. The van der Waals surface area contributed by atoms with Gasteiger partial charge in [0.05, 0.1) is 16.6 Å². The van der Waals surface area contributed by atoms with Gasteiger partial charge in [-0.05, 0) is 22.0 Å². The molecule has 0 aromatic heterocycles. The average molecular weight is 285 g/mol. The highest BCUT2D eigenvalue weighted by Crippen LogP contribution is 2.30. The van der Waals surface area contributed by atoms with Crippen LogP contribution in [0.15, 0.2) is 10.5 Å². The van der Waals surface area contributed by atoms with Crippen LogP contribution in [0.25, 0.3) is 0 Å². The number of rotatable bonds is 1. The summed E-state index contributed by atoms with van der Waals surface area (Å²) >= 11 is 8.40. The third kappa shape index (κ3) is 1.88. The fourth-order valence-electron chi connectivity index (χ4n) is 0.854. The molecule has 1 aromatic rings. The van der Waals surface area contributed by atoms with Crippen molar-refractivity contribution in [1.82, 2.24) is 0 Å². The van der Waals surface area contributed by atoms with E-state index in [1.54, 1.807) is 0 Å². The zero-order chi connectivity index (χ0) is 10.9. The van der Waals surface area contributed by atoms with E-state index in [1.807, 2.05) is 0 Å². The molecular weight excluding hydrogens is 281 g/mol. The molecule has 0 unspecified atom stereocenters. The minimum absolute atomic E-state index is 0.0232. The molecule has 0 atom stereocenters. The van der Waals surface area contributed by atoms with Gasteiger partial charge in [0.25, 0.3) is 0 Å². The maximum atomic E-state index is 13.1. The van der Waals surface area contributed by atoms with Crippen molar-refractivity contribution in [3.8, 4) is 0 Å². The van der Waals surface area contributed by atoms with Gasteiger partial charge >= 0.3 is 5.97 Å². The van der Waals surface area contributed by atoms with Crippen LogP contribution >= 0.6 is 27.5 Å². The summed E-state index contributed by atoms with van der Waals surface area (Å²) in [5.74, 6) is -3.47. The van der Waals surface area contributed by atoms with Gasteiger partial charge < -0.3 is 4.74 Å². The molecule has 0 bridgehead atoms. The molecule has 0 fully saturated rings. The van der Waals surface area contributed by atoms with Gasteiger partial charge in [-0.15, -0.1) is 0 Å². The lowest BCUT2D eigenvalue weighted by Crippen LogP contribution is -2.07. The van der Waals surface area contributed by atoms with E-state index in [0.717, 1.165) is 13.2 Å². The van der Waals surface area contributed by atoms with Gasteiger partial charge in [0, 0.05) is 0 Å². The lowest BCUT2D eigenvalue weighted by atomic mass is 10.2. The van der Waals surface area contributed by atoms with Crippen LogP contribution in [0.2, 0.25) is 5.02 Å². The predicted octanol–water partition coefficient (Wildman–Crippen LogP) is 3.17. The smallest absolute Gasteiger partial charge is 0.342 e. The Hall–Kier alpha value is -0.680. The van der Waals surface area contributed by atoms with Crippen LogP contribution in [0.3, 0.4) is 0 Å². The molecule has 1 rings (SSSR count). The molecule has 6 heteroatoms. The van der Waals surface area contributed by atoms with Gasteiger partial charge in [0.2, 0.25) is 0 Å². The van der Waals surface area contributed by atoms with Gasteiger partial charge in [-0.25, -0.2) is 13.6 Å². The normalized spacial score (nSPS) is 10.1. The lowest BCUT2D eigenvalue weighted by molar-refractivity contribution is 0.0593.